The van der Waals surface area contributed by atoms with Crippen molar-refractivity contribution in [2.45, 2.75) is 26.3 Å². The van der Waals surface area contributed by atoms with Crippen molar-refractivity contribution in [3.05, 3.63) is 51.7 Å². The Hall–Kier alpha value is -1.85. The van der Waals surface area contributed by atoms with Crippen molar-refractivity contribution in [1.82, 2.24) is 10.2 Å². The number of aryl methyl sites for hydroxylation is 1. The van der Waals surface area contributed by atoms with E-state index in [-0.39, 0.29) is 11.7 Å². The molecule has 1 saturated heterocycles. The topological polar surface area (TPSA) is 52.6 Å². The van der Waals surface area contributed by atoms with Crippen LogP contribution >= 0.6 is 11.3 Å². The molecule has 2 N–H and O–H groups in total. The summed E-state index contributed by atoms with van der Waals surface area (Å²) in [4.78, 5) is 17.4. The summed E-state index contributed by atoms with van der Waals surface area (Å²) in [6.45, 7) is 6.11. The number of benzene rings is 1. The highest BCUT2D eigenvalue weighted by Crippen LogP contribution is 2.22. The van der Waals surface area contributed by atoms with Gasteiger partial charge in [-0.3, -0.25) is 9.69 Å². The standard InChI is InChI=1S/C19H24N2O2S/c1-14-2-7-18(24-14)13-21-10-8-15(9-11-21)12-20-19(23)16-3-5-17(22)6-4-16/h2-7,15,22H,8-13H2,1H3,(H,20,23). The van der Waals surface area contributed by atoms with E-state index in [1.54, 1.807) is 24.3 Å². The van der Waals surface area contributed by atoms with E-state index in [1.807, 2.05) is 11.3 Å². The fraction of sp³-hybridized carbons (Fsp3) is 0.421. The highest BCUT2D eigenvalue weighted by Gasteiger charge is 2.20. The molecular formula is C19H24N2O2S. The van der Waals surface area contributed by atoms with Crippen molar-refractivity contribution < 1.29 is 9.90 Å². The first kappa shape index (κ1) is 17.0. The summed E-state index contributed by atoms with van der Waals surface area (Å²) < 4.78 is 0. The van der Waals surface area contributed by atoms with Gasteiger partial charge in [0.25, 0.3) is 5.91 Å². The number of hydrogen-bond acceptors (Lipinski definition) is 4. The van der Waals surface area contributed by atoms with Crippen LogP contribution in [0.25, 0.3) is 0 Å². The summed E-state index contributed by atoms with van der Waals surface area (Å²) in [5.74, 6) is 0.665. The lowest BCUT2D eigenvalue weighted by molar-refractivity contribution is 0.0935. The van der Waals surface area contributed by atoms with Crippen molar-refractivity contribution in [3.8, 4) is 5.75 Å². The number of thiophene rings is 1. The van der Waals surface area contributed by atoms with Crippen LogP contribution in [0.3, 0.4) is 0 Å². The molecule has 3 rings (SSSR count). The number of nitrogens with zero attached hydrogens (tertiary/aromatic N) is 1. The third kappa shape index (κ3) is 4.58. The normalized spacial score (nSPS) is 16.2. The van der Waals surface area contributed by atoms with Gasteiger partial charge >= 0.3 is 0 Å². The molecule has 0 atom stereocenters. The van der Waals surface area contributed by atoms with E-state index in [4.69, 9.17) is 0 Å². The van der Waals surface area contributed by atoms with Gasteiger partial charge in [0.05, 0.1) is 0 Å². The number of nitrogens with one attached hydrogen (secondary N) is 1. The first-order valence-electron chi connectivity index (χ1n) is 8.45. The Kier molecular flexibility index (Phi) is 5.53. The number of likely N-dealkylation sites (tertiary alicyclic amines) is 1. The molecule has 0 radical (unpaired) electrons. The van der Waals surface area contributed by atoms with E-state index in [1.165, 1.54) is 9.75 Å². The van der Waals surface area contributed by atoms with Crippen molar-refractivity contribution in [1.29, 1.82) is 0 Å². The molecule has 0 bridgehead atoms. The fourth-order valence-corrected chi connectivity index (χ4v) is 4.02. The molecule has 1 aromatic carbocycles. The molecule has 1 aromatic heterocycles. The average Bonchev–Trinajstić information content (AvgIpc) is 2.99. The van der Waals surface area contributed by atoms with E-state index in [2.05, 4.69) is 29.3 Å². The quantitative estimate of drug-likeness (QED) is 0.874. The predicted octanol–water partition coefficient (Wildman–Crippen LogP) is 3.40. The van der Waals surface area contributed by atoms with Crippen molar-refractivity contribution in [2.24, 2.45) is 5.92 Å². The van der Waals surface area contributed by atoms with Gasteiger partial charge in [-0.15, -0.1) is 11.3 Å². The zero-order valence-corrected chi connectivity index (χ0v) is 14.8. The van der Waals surface area contributed by atoms with Gasteiger partial charge < -0.3 is 10.4 Å². The zero-order chi connectivity index (χ0) is 16.9. The Balaban J connectivity index is 1.40. The van der Waals surface area contributed by atoms with Crippen LogP contribution in [0.15, 0.2) is 36.4 Å². The third-order valence-corrected chi connectivity index (χ3v) is 5.55. The minimum atomic E-state index is -0.0634. The van der Waals surface area contributed by atoms with Gasteiger partial charge in [0.1, 0.15) is 5.75 Å². The molecule has 2 aromatic rings. The number of hydrogen-bond donors (Lipinski definition) is 2. The van der Waals surface area contributed by atoms with Gasteiger partial charge in [0, 0.05) is 28.4 Å². The molecule has 5 heteroatoms. The number of piperidine rings is 1. The number of phenols is 1. The van der Waals surface area contributed by atoms with Crippen LogP contribution in [0.2, 0.25) is 0 Å². The van der Waals surface area contributed by atoms with E-state index < -0.39 is 0 Å². The first-order valence-corrected chi connectivity index (χ1v) is 9.27. The maximum atomic E-state index is 12.1. The Labute approximate surface area is 147 Å². The largest absolute Gasteiger partial charge is 0.508 e. The molecule has 128 valence electrons. The molecule has 24 heavy (non-hydrogen) atoms. The molecule has 1 amide bonds. The van der Waals surface area contributed by atoms with Gasteiger partial charge in [-0.1, -0.05) is 0 Å². The predicted molar refractivity (Wildman–Crippen MR) is 97.5 cm³/mol. The summed E-state index contributed by atoms with van der Waals surface area (Å²) >= 11 is 1.88. The van der Waals surface area contributed by atoms with Crippen LogP contribution in [-0.4, -0.2) is 35.5 Å². The second-order valence-corrected chi connectivity index (χ2v) is 7.86. The summed E-state index contributed by atoms with van der Waals surface area (Å²) in [6, 6.07) is 10.8. The highest BCUT2D eigenvalue weighted by molar-refractivity contribution is 7.11. The number of phenolic OH excluding ortho intramolecular Hbond substituents is 1. The Morgan fingerprint density at radius 1 is 1.21 bits per heavy atom. The lowest BCUT2D eigenvalue weighted by atomic mass is 9.96. The minimum absolute atomic E-state index is 0.0634. The van der Waals surface area contributed by atoms with Crippen molar-refractivity contribution in [2.75, 3.05) is 19.6 Å². The number of carbonyl (C=O) groups excluding carboxylic acids is 1. The maximum Gasteiger partial charge on any atom is 0.251 e. The molecule has 0 aliphatic carbocycles. The average molecular weight is 344 g/mol. The molecule has 1 fully saturated rings. The van der Waals surface area contributed by atoms with Crippen LogP contribution < -0.4 is 5.32 Å². The van der Waals surface area contributed by atoms with Crippen LogP contribution in [0.5, 0.6) is 5.75 Å². The van der Waals surface area contributed by atoms with E-state index in [9.17, 15) is 9.90 Å². The molecule has 1 aliphatic rings. The molecule has 1 aliphatic heterocycles. The zero-order valence-electron chi connectivity index (χ0n) is 14.0. The summed E-state index contributed by atoms with van der Waals surface area (Å²) in [5.41, 5.74) is 0.596. The molecule has 0 unspecified atom stereocenters. The second kappa shape index (κ2) is 7.81. The lowest BCUT2D eigenvalue weighted by Crippen LogP contribution is -2.38. The van der Waals surface area contributed by atoms with E-state index >= 15 is 0 Å². The molecule has 4 nitrogen and oxygen atoms in total. The van der Waals surface area contributed by atoms with Gasteiger partial charge in [-0.05, 0) is 75.2 Å². The molecule has 0 spiro atoms. The van der Waals surface area contributed by atoms with Crippen LogP contribution in [0, 0.1) is 12.8 Å². The SMILES string of the molecule is Cc1ccc(CN2CCC(CNC(=O)c3ccc(O)cc3)CC2)s1. The van der Waals surface area contributed by atoms with Crippen LogP contribution in [0.4, 0.5) is 0 Å². The maximum absolute atomic E-state index is 12.1. The van der Waals surface area contributed by atoms with Gasteiger partial charge in [0.2, 0.25) is 0 Å². The van der Waals surface area contributed by atoms with Crippen molar-refractivity contribution in [3.63, 3.8) is 0 Å². The summed E-state index contributed by atoms with van der Waals surface area (Å²) in [6.07, 6.45) is 2.25. The smallest absolute Gasteiger partial charge is 0.251 e. The highest BCUT2D eigenvalue weighted by atomic mass is 32.1. The Bertz CT molecular complexity index is 673. The number of aromatic hydroxyl groups is 1. The van der Waals surface area contributed by atoms with Crippen LogP contribution in [-0.2, 0) is 6.54 Å². The molecule has 0 saturated carbocycles. The first-order chi connectivity index (χ1) is 11.6. The van der Waals surface area contributed by atoms with E-state index in [0.29, 0.717) is 11.5 Å². The van der Waals surface area contributed by atoms with Gasteiger partial charge in [0.15, 0.2) is 0 Å². The summed E-state index contributed by atoms with van der Waals surface area (Å²) in [5, 5.41) is 12.3. The van der Waals surface area contributed by atoms with Gasteiger partial charge in [-0.25, -0.2) is 0 Å². The number of carbonyl (C=O) groups is 1. The molecule has 2 heterocycles. The number of rotatable bonds is 5. The molecular weight excluding hydrogens is 320 g/mol. The summed E-state index contributed by atoms with van der Waals surface area (Å²) in [7, 11) is 0. The minimum Gasteiger partial charge on any atom is -0.508 e. The van der Waals surface area contributed by atoms with E-state index in [0.717, 1.165) is 39.0 Å². The third-order valence-electron chi connectivity index (χ3n) is 4.56. The monoisotopic (exact) mass is 344 g/mol. The lowest BCUT2D eigenvalue weighted by Gasteiger charge is -2.31. The number of amides is 1. The fourth-order valence-electron chi connectivity index (χ4n) is 3.09. The second-order valence-electron chi connectivity index (χ2n) is 6.49. The Morgan fingerprint density at radius 3 is 2.54 bits per heavy atom. The van der Waals surface area contributed by atoms with Crippen LogP contribution in [0.1, 0.15) is 33.0 Å². The van der Waals surface area contributed by atoms with Crippen molar-refractivity contribution >= 4 is 17.2 Å². The Morgan fingerprint density at radius 2 is 1.92 bits per heavy atom. The van der Waals surface area contributed by atoms with Gasteiger partial charge in [-0.2, -0.15) is 0 Å².